The number of carbonyl (C=O) groups excluding carboxylic acids is 1. The van der Waals surface area contributed by atoms with Gasteiger partial charge < -0.3 is 15.4 Å². The molecule has 1 atom stereocenters. The molecule has 1 aromatic carbocycles. The Morgan fingerprint density at radius 3 is 2.82 bits per heavy atom. The van der Waals surface area contributed by atoms with Gasteiger partial charge in [-0.15, -0.1) is 0 Å². The molecule has 6 heteroatoms. The smallest absolute Gasteiger partial charge is 0.265 e. The minimum absolute atomic E-state index is 0.168. The quantitative estimate of drug-likeness (QED) is 0.909. The first kappa shape index (κ1) is 15.2. The lowest BCUT2D eigenvalue weighted by molar-refractivity contribution is -0.147. The second-order valence-electron chi connectivity index (χ2n) is 6.14. The van der Waals surface area contributed by atoms with E-state index in [0.29, 0.717) is 37.1 Å². The van der Waals surface area contributed by atoms with Gasteiger partial charge in [-0.2, -0.15) is 0 Å². The summed E-state index contributed by atoms with van der Waals surface area (Å²) in [7, 11) is 1.57. The van der Waals surface area contributed by atoms with E-state index >= 15 is 0 Å². The second-order valence-corrected chi connectivity index (χ2v) is 6.14. The first-order valence-electron chi connectivity index (χ1n) is 7.50. The molecule has 120 valence electrons. The van der Waals surface area contributed by atoms with Crippen molar-refractivity contribution >= 4 is 5.91 Å². The Morgan fingerprint density at radius 1 is 1.36 bits per heavy atom. The number of piperidine rings is 1. The van der Waals surface area contributed by atoms with Crippen LogP contribution < -0.4 is 10.5 Å². The zero-order valence-electron chi connectivity index (χ0n) is 12.6. The van der Waals surface area contributed by atoms with E-state index in [1.165, 1.54) is 4.90 Å². The van der Waals surface area contributed by atoms with Gasteiger partial charge in [0.2, 0.25) is 5.91 Å². The standard InChI is InChI=1S/C16H20F2N2O2/c1-22-13-5-2-4-12-11(13)6-8-16(12,19)14(21)20-9-3-7-15(17,18)10-20/h2,4-5H,3,6-10,19H2,1H3. The molecule has 2 aliphatic rings. The van der Waals surface area contributed by atoms with Crippen molar-refractivity contribution in [1.82, 2.24) is 4.90 Å². The zero-order valence-corrected chi connectivity index (χ0v) is 12.6. The fourth-order valence-corrected chi connectivity index (χ4v) is 3.53. The van der Waals surface area contributed by atoms with E-state index in [0.717, 1.165) is 5.56 Å². The molecule has 4 nitrogen and oxygen atoms in total. The normalized spacial score (nSPS) is 26.6. The van der Waals surface area contributed by atoms with Crippen LogP contribution in [0.4, 0.5) is 8.78 Å². The van der Waals surface area contributed by atoms with Gasteiger partial charge in [-0.25, -0.2) is 8.78 Å². The fraction of sp³-hybridized carbons (Fsp3) is 0.562. The van der Waals surface area contributed by atoms with Crippen LogP contribution in [-0.2, 0) is 16.8 Å². The van der Waals surface area contributed by atoms with E-state index in [9.17, 15) is 13.6 Å². The maximum atomic E-state index is 13.6. The Hall–Kier alpha value is -1.69. The van der Waals surface area contributed by atoms with E-state index in [-0.39, 0.29) is 6.42 Å². The third-order valence-corrected chi connectivity index (χ3v) is 4.66. The van der Waals surface area contributed by atoms with E-state index in [1.807, 2.05) is 6.07 Å². The molecule has 0 saturated carbocycles. The third kappa shape index (κ3) is 2.35. The number of hydrogen-bond donors (Lipinski definition) is 1. The molecule has 3 rings (SSSR count). The van der Waals surface area contributed by atoms with Crippen LogP contribution in [0, 0.1) is 0 Å². The van der Waals surface area contributed by atoms with Crippen molar-refractivity contribution in [2.75, 3.05) is 20.2 Å². The summed E-state index contributed by atoms with van der Waals surface area (Å²) in [6.07, 6.45) is 1.17. The van der Waals surface area contributed by atoms with Gasteiger partial charge in [0.15, 0.2) is 0 Å². The summed E-state index contributed by atoms with van der Waals surface area (Å²) in [5.41, 5.74) is 6.75. The van der Waals surface area contributed by atoms with Crippen LogP contribution in [0.15, 0.2) is 18.2 Å². The maximum Gasteiger partial charge on any atom is 0.265 e. The molecule has 0 aromatic heterocycles. The molecule has 1 amide bonds. The highest BCUT2D eigenvalue weighted by atomic mass is 19.3. The number of ether oxygens (including phenoxy) is 1. The van der Waals surface area contributed by atoms with Gasteiger partial charge in [0.25, 0.3) is 5.92 Å². The molecule has 0 bridgehead atoms. The molecule has 1 fully saturated rings. The Labute approximate surface area is 128 Å². The number of hydrogen-bond acceptors (Lipinski definition) is 3. The number of halogens is 2. The summed E-state index contributed by atoms with van der Waals surface area (Å²) in [5, 5.41) is 0. The maximum absolute atomic E-state index is 13.6. The van der Waals surface area contributed by atoms with E-state index in [4.69, 9.17) is 10.5 Å². The Bertz CT molecular complexity index is 606. The lowest BCUT2D eigenvalue weighted by Gasteiger charge is -2.37. The van der Waals surface area contributed by atoms with Crippen LogP contribution in [0.3, 0.4) is 0 Å². The highest BCUT2D eigenvalue weighted by Crippen LogP contribution is 2.41. The molecule has 1 heterocycles. The molecule has 1 unspecified atom stereocenters. The van der Waals surface area contributed by atoms with E-state index in [2.05, 4.69) is 0 Å². The number of methoxy groups -OCH3 is 1. The van der Waals surface area contributed by atoms with Gasteiger partial charge in [-0.3, -0.25) is 4.79 Å². The lowest BCUT2D eigenvalue weighted by atomic mass is 9.90. The van der Waals surface area contributed by atoms with Crippen molar-refractivity contribution in [3.8, 4) is 5.75 Å². The van der Waals surface area contributed by atoms with Crippen molar-refractivity contribution in [2.24, 2.45) is 5.73 Å². The highest BCUT2D eigenvalue weighted by molar-refractivity contribution is 5.89. The minimum atomic E-state index is -2.82. The second kappa shape index (κ2) is 5.19. The number of amides is 1. The summed E-state index contributed by atoms with van der Waals surface area (Å²) in [6, 6.07) is 5.40. The van der Waals surface area contributed by atoms with Gasteiger partial charge in [0.05, 0.1) is 13.7 Å². The molecule has 1 aliphatic heterocycles. The minimum Gasteiger partial charge on any atom is -0.496 e. The summed E-state index contributed by atoms with van der Waals surface area (Å²) >= 11 is 0. The number of nitrogens with zero attached hydrogens (tertiary/aromatic N) is 1. The van der Waals surface area contributed by atoms with Crippen molar-refractivity contribution in [1.29, 1.82) is 0 Å². The fourth-order valence-electron chi connectivity index (χ4n) is 3.53. The van der Waals surface area contributed by atoms with Crippen LogP contribution in [0.25, 0.3) is 0 Å². The predicted octanol–water partition coefficient (Wildman–Crippen LogP) is 2.05. The van der Waals surface area contributed by atoms with Crippen LogP contribution in [0.1, 0.15) is 30.4 Å². The Morgan fingerprint density at radius 2 is 2.14 bits per heavy atom. The molecule has 1 saturated heterocycles. The number of likely N-dealkylation sites (tertiary alicyclic amines) is 1. The summed E-state index contributed by atoms with van der Waals surface area (Å²) < 4.78 is 32.5. The molecule has 0 radical (unpaired) electrons. The number of carbonyl (C=O) groups is 1. The van der Waals surface area contributed by atoms with Gasteiger partial charge in [-0.05, 0) is 36.5 Å². The van der Waals surface area contributed by atoms with E-state index < -0.39 is 23.9 Å². The summed E-state index contributed by atoms with van der Waals surface area (Å²) in [6.45, 7) is -0.198. The largest absolute Gasteiger partial charge is 0.496 e. The highest BCUT2D eigenvalue weighted by Gasteiger charge is 2.48. The van der Waals surface area contributed by atoms with Gasteiger partial charge in [0.1, 0.15) is 11.3 Å². The average molecular weight is 310 g/mol. The number of alkyl halides is 2. The zero-order chi connectivity index (χ0) is 16.0. The van der Waals surface area contributed by atoms with Crippen molar-refractivity contribution in [3.05, 3.63) is 29.3 Å². The molecule has 22 heavy (non-hydrogen) atoms. The Balaban J connectivity index is 1.91. The molecule has 2 N–H and O–H groups in total. The predicted molar refractivity (Wildman–Crippen MR) is 77.9 cm³/mol. The van der Waals surface area contributed by atoms with Crippen molar-refractivity contribution in [3.63, 3.8) is 0 Å². The van der Waals surface area contributed by atoms with Crippen LogP contribution in [-0.4, -0.2) is 36.9 Å². The summed E-state index contributed by atoms with van der Waals surface area (Å²) in [4.78, 5) is 14.0. The van der Waals surface area contributed by atoms with Crippen LogP contribution in [0.2, 0.25) is 0 Å². The van der Waals surface area contributed by atoms with Crippen molar-refractivity contribution < 1.29 is 18.3 Å². The number of benzene rings is 1. The lowest BCUT2D eigenvalue weighted by Crippen LogP contribution is -2.56. The van der Waals surface area contributed by atoms with Gasteiger partial charge in [-0.1, -0.05) is 12.1 Å². The topological polar surface area (TPSA) is 55.6 Å². The molecular formula is C16H20F2N2O2. The molecule has 1 aromatic rings. The number of fused-ring (bicyclic) bond motifs is 1. The SMILES string of the molecule is COc1cccc2c1CCC2(N)C(=O)N1CCCC(F)(F)C1. The summed E-state index contributed by atoms with van der Waals surface area (Å²) in [5.74, 6) is -2.53. The molecular weight excluding hydrogens is 290 g/mol. The first-order chi connectivity index (χ1) is 10.4. The van der Waals surface area contributed by atoms with Crippen LogP contribution in [0.5, 0.6) is 5.75 Å². The number of nitrogens with two attached hydrogens (primary N) is 1. The first-order valence-corrected chi connectivity index (χ1v) is 7.50. The van der Waals surface area contributed by atoms with Crippen molar-refractivity contribution in [2.45, 2.75) is 37.1 Å². The van der Waals surface area contributed by atoms with Gasteiger partial charge >= 0.3 is 0 Å². The molecule has 0 spiro atoms. The monoisotopic (exact) mass is 310 g/mol. The third-order valence-electron chi connectivity index (χ3n) is 4.66. The number of rotatable bonds is 2. The van der Waals surface area contributed by atoms with Gasteiger partial charge in [0, 0.05) is 13.0 Å². The Kier molecular flexibility index (Phi) is 3.59. The molecule has 1 aliphatic carbocycles. The van der Waals surface area contributed by atoms with Crippen LogP contribution >= 0.6 is 0 Å². The average Bonchev–Trinajstić information content (AvgIpc) is 2.84. The van der Waals surface area contributed by atoms with E-state index in [1.54, 1.807) is 19.2 Å².